The van der Waals surface area contributed by atoms with Gasteiger partial charge in [0.1, 0.15) is 0 Å². The first-order valence-corrected chi connectivity index (χ1v) is 17.5. The molecule has 1 aliphatic rings. The Hall–Kier alpha value is -6.45. The van der Waals surface area contributed by atoms with Gasteiger partial charge in [-0.25, -0.2) is 15.0 Å². The second-order valence-electron chi connectivity index (χ2n) is 14.0. The van der Waals surface area contributed by atoms with Crippen molar-refractivity contribution in [2.24, 2.45) is 0 Å². The van der Waals surface area contributed by atoms with Crippen LogP contribution in [0.2, 0.25) is 0 Å². The molecule has 3 nitrogen and oxygen atoms in total. The number of hydrogen-bond acceptors (Lipinski definition) is 3. The highest BCUT2D eigenvalue weighted by Gasteiger charge is 2.36. The number of benzene rings is 8. The Labute approximate surface area is 297 Å². The van der Waals surface area contributed by atoms with Crippen molar-refractivity contribution in [1.82, 2.24) is 15.0 Å². The molecule has 3 heteroatoms. The molecule has 1 aromatic heterocycles. The summed E-state index contributed by atoms with van der Waals surface area (Å²) in [6.07, 6.45) is 0. The molecule has 0 radical (unpaired) electrons. The number of rotatable bonds is 4. The van der Waals surface area contributed by atoms with Gasteiger partial charge in [0.25, 0.3) is 0 Å². The summed E-state index contributed by atoms with van der Waals surface area (Å²) in [7, 11) is 0. The second-order valence-corrected chi connectivity index (χ2v) is 14.0. The van der Waals surface area contributed by atoms with E-state index in [0.29, 0.717) is 17.5 Å². The predicted molar refractivity (Wildman–Crippen MR) is 212 cm³/mol. The van der Waals surface area contributed by atoms with Gasteiger partial charge in [-0.2, -0.15) is 0 Å². The van der Waals surface area contributed by atoms with Crippen LogP contribution in [-0.4, -0.2) is 15.0 Å². The van der Waals surface area contributed by atoms with Crippen LogP contribution in [0.5, 0.6) is 0 Å². The van der Waals surface area contributed by atoms with Crippen LogP contribution in [0, 0.1) is 0 Å². The van der Waals surface area contributed by atoms with Gasteiger partial charge in [0.05, 0.1) is 0 Å². The van der Waals surface area contributed by atoms with Gasteiger partial charge in [0, 0.05) is 22.1 Å². The van der Waals surface area contributed by atoms with Crippen molar-refractivity contribution in [2.75, 3.05) is 0 Å². The summed E-state index contributed by atoms with van der Waals surface area (Å²) in [4.78, 5) is 14.8. The Kier molecular flexibility index (Phi) is 6.53. The van der Waals surface area contributed by atoms with Gasteiger partial charge in [0.2, 0.25) is 0 Å². The third kappa shape index (κ3) is 4.69. The number of aromatic nitrogens is 3. The van der Waals surface area contributed by atoms with Crippen LogP contribution in [0.4, 0.5) is 0 Å². The molecule has 0 amide bonds. The van der Waals surface area contributed by atoms with Crippen molar-refractivity contribution in [3.8, 4) is 56.4 Å². The van der Waals surface area contributed by atoms with Gasteiger partial charge in [-0.05, 0) is 77.8 Å². The van der Waals surface area contributed by atoms with Crippen LogP contribution in [0.1, 0.15) is 25.0 Å². The van der Waals surface area contributed by atoms with E-state index in [0.717, 1.165) is 27.8 Å². The highest BCUT2D eigenvalue weighted by atomic mass is 15.0. The lowest BCUT2D eigenvalue weighted by Crippen LogP contribution is -2.14. The summed E-state index contributed by atoms with van der Waals surface area (Å²) in [5.74, 6) is 1.97. The molecular weight excluding hydrogens is 619 g/mol. The molecule has 51 heavy (non-hydrogen) atoms. The number of nitrogens with zero attached hydrogens (tertiary/aromatic N) is 3. The molecule has 10 rings (SSSR count). The molecule has 0 unspecified atom stereocenters. The topological polar surface area (TPSA) is 38.7 Å². The zero-order chi connectivity index (χ0) is 34.1. The van der Waals surface area contributed by atoms with E-state index >= 15 is 0 Å². The monoisotopic (exact) mass is 651 g/mol. The van der Waals surface area contributed by atoms with Crippen molar-refractivity contribution in [1.29, 1.82) is 0 Å². The van der Waals surface area contributed by atoms with E-state index in [2.05, 4.69) is 117 Å². The Bertz CT molecular complexity index is 2760. The SMILES string of the molecule is CC1(C)c2ccccc2-c2c1ccc1ccc3ccc4cc(-c5cccc(-c6nc(-c7ccccc7)nc(-c7ccccc7)n6)c5)ccc4c3c21. The van der Waals surface area contributed by atoms with Gasteiger partial charge in [-0.15, -0.1) is 0 Å². The smallest absolute Gasteiger partial charge is 0.164 e. The second kappa shape index (κ2) is 11.3. The molecule has 0 saturated carbocycles. The van der Waals surface area contributed by atoms with Crippen LogP contribution in [0.3, 0.4) is 0 Å². The molecule has 0 spiro atoms. The van der Waals surface area contributed by atoms with Crippen molar-refractivity contribution in [3.05, 3.63) is 175 Å². The summed E-state index contributed by atoms with van der Waals surface area (Å²) < 4.78 is 0. The van der Waals surface area contributed by atoms with Gasteiger partial charge >= 0.3 is 0 Å². The summed E-state index contributed by atoms with van der Waals surface area (Å²) in [5, 5.41) is 7.70. The summed E-state index contributed by atoms with van der Waals surface area (Å²) in [6, 6.07) is 58.4. The third-order valence-corrected chi connectivity index (χ3v) is 10.7. The zero-order valence-corrected chi connectivity index (χ0v) is 28.4. The van der Waals surface area contributed by atoms with E-state index in [1.807, 2.05) is 60.7 Å². The van der Waals surface area contributed by atoms with Gasteiger partial charge < -0.3 is 0 Å². The fourth-order valence-corrected chi connectivity index (χ4v) is 8.12. The lowest BCUT2D eigenvalue weighted by Gasteiger charge is -2.21. The Balaban J connectivity index is 1.13. The van der Waals surface area contributed by atoms with E-state index in [9.17, 15) is 0 Å². The predicted octanol–water partition coefficient (Wildman–Crippen LogP) is 12.3. The first kappa shape index (κ1) is 29.5. The first-order valence-electron chi connectivity index (χ1n) is 17.5. The highest BCUT2D eigenvalue weighted by molar-refractivity contribution is 6.25. The number of hydrogen-bond donors (Lipinski definition) is 0. The molecule has 1 aliphatic carbocycles. The van der Waals surface area contributed by atoms with E-state index in [-0.39, 0.29) is 5.41 Å². The third-order valence-electron chi connectivity index (χ3n) is 10.7. The molecule has 0 N–H and O–H groups in total. The number of fused-ring (bicyclic) bond motifs is 9. The Morgan fingerprint density at radius 2 is 0.902 bits per heavy atom. The zero-order valence-electron chi connectivity index (χ0n) is 28.4. The van der Waals surface area contributed by atoms with Crippen molar-refractivity contribution in [3.63, 3.8) is 0 Å². The van der Waals surface area contributed by atoms with E-state index in [4.69, 9.17) is 15.0 Å². The van der Waals surface area contributed by atoms with E-state index in [1.54, 1.807) is 0 Å². The van der Waals surface area contributed by atoms with Crippen LogP contribution in [0.15, 0.2) is 164 Å². The quantitative estimate of drug-likeness (QED) is 0.178. The fraction of sp³-hybridized carbons (Fsp3) is 0.0625. The first-order chi connectivity index (χ1) is 25.0. The van der Waals surface area contributed by atoms with Crippen LogP contribution in [0.25, 0.3) is 88.7 Å². The highest BCUT2D eigenvalue weighted by Crippen LogP contribution is 2.53. The summed E-state index contributed by atoms with van der Waals surface area (Å²) >= 11 is 0. The molecular formula is C48H33N3. The molecule has 0 bridgehead atoms. The van der Waals surface area contributed by atoms with Gasteiger partial charge in [-0.1, -0.05) is 166 Å². The minimum absolute atomic E-state index is 0.0483. The fourth-order valence-electron chi connectivity index (χ4n) is 8.12. The minimum atomic E-state index is -0.0483. The molecule has 0 atom stereocenters. The molecule has 0 fully saturated rings. The summed E-state index contributed by atoms with van der Waals surface area (Å²) in [6.45, 7) is 4.71. The minimum Gasteiger partial charge on any atom is -0.208 e. The maximum Gasteiger partial charge on any atom is 0.164 e. The maximum atomic E-state index is 4.98. The molecule has 8 aromatic carbocycles. The molecule has 9 aromatic rings. The van der Waals surface area contributed by atoms with Gasteiger partial charge in [-0.3, -0.25) is 0 Å². The largest absolute Gasteiger partial charge is 0.208 e. The Morgan fingerprint density at radius 3 is 1.61 bits per heavy atom. The van der Waals surface area contributed by atoms with Gasteiger partial charge in [0.15, 0.2) is 17.5 Å². The average Bonchev–Trinajstić information content (AvgIpc) is 3.43. The maximum absolute atomic E-state index is 4.98. The van der Waals surface area contributed by atoms with Crippen molar-refractivity contribution < 1.29 is 0 Å². The normalized spacial score (nSPS) is 13.1. The lowest BCUT2D eigenvalue weighted by atomic mass is 9.81. The van der Waals surface area contributed by atoms with Crippen LogP contribution in [-0.2, 0) is 5.41 Å². The van der Waals surface area contributed by atoms with Crippen LogP contribution < -0.4 is 0 Å². The molecule has 0 saturated heterocycles. The van der Waals surface area contributed by atoms with Crippen LogP contribution >= 0.6 is 0 Å². The van der Waals surface area contributed by atoms with E-state index < -0.39 is 0 Å². The lowest BCUT2D eigenvalue weighted by molar-refractivity contribution is 0.661. The molecule has 1 heterocycles. The van der Waals surface area contributed by atoms with Crippen molar-refractivity contribution >= 4 is 32.3 Å². The molecule has 240 valence electrons. The standard InChI is InChI=1S/C48H33N3/c1-48(2)40-19-10-9-18-39(40)44-41(48)27-25-31-21-20-30-22-23-36-28-35(24-26-38(36)42(30)43(31)44)34-16-11-17-37(29-34)47-50-45(32-12-5-3-6-13-32)49-46(51-47)33-14-7-4-8-15-33/h3-29H,1-2H3. The van der Waals surface area contributed by atoms with Crippen molar-refractivity contribution in [2.45, 2.75) is 19.3 Å². The Morgan fingerprint density at radius 1 is 0.373 bits per heavy atom. The average molecular weight is 652 g/mol. The molecule has 0 aliphatic heterocycles. The summed E-state index contributed by atoms with van der Waals surface area (Å²) in [5.41, 5.74) is 10.6. The van der Waals surface area contributed by atoms with E-state index in [1.165, 1.54) is 54.6 Å².